The lowest BCUT2D eigenvalue weighted by molar-refractivity contribution is -0.123. The molecule has 0 aliphatic carbocycles. The van der Waals surface area contributed by atoms with Crippen molar-refractivity contribution in [3.05, 3.63) is 98.9 Å². The summed E-state index contributed by atoms with van der Waals surface area (Å²) in [5, 5.41) is 4.18. The lowest BCUT2D eigenvalue weighted by Gasteiger charge is -2.13. The van der Waals surface area contributed by atoms with Crippen LogP contribution in [0.15, 0.2) is 76.4 Å². The Morgan fingerprint density at radius 2 is 1.92 bits per heavy atom. The minimum Gasteiger partial charge on any atom is -0.467 e. The third-order valence-electron chi connectivity index (χ3n) is 5.68. The molecule has 0 unspecified atom stereocenters. The fourth-order valence-electron chi connectivity index (χ4n) is 3.93. The largest absolute Gasteiger partial charge is 0.467 e. The van der Waals surface area contributed by atoms with Crippen molar-refractivity contribution >= 4 is 69.0 Å². The average molecular weight is 540 g/mol. The predicted octanol–water partition coefficient (Wildman–Crippen LogP) is 6.09. The third-order valence-corrected chi connectivity index (χ3v) is 7.17. The first-order valence-electron chi connectivity index (χ1n) is 11.0. The number of fused-ring (bicyclic) bond motifs is 1. The first-order valence-corrected chi connectivity index (χ1v) is 12.5. The van der Waals surface area contributed by atoms with Gasteiger partial charge in [0, 0.05) is 32.7 Å². The molecule has 0 saturated carbocycles. The van der Waals surface area contributed by atoms with Gasteiger partial charge in [0.15, 0.2) is 0 Å². The number of nitrogens with zero attached hydrogens (tertiary/aromatic N) is 2. The van der Waals surface area contributed by atoms with Crippen LogP contribution in [0.2, 0.25) is 10.0 Å². The highest BCUT2D eigenvalue weighted by atomic mass is 35.5. The summed E-state index contributed by atoms with van der Waals surface area (Å²) in [6, 6.07) is 16.1. The molecule has 1 saturated heterocycles. The molecule has 0 atom stereocenters. The van der Waals surface area contributed by atoms with E-state index in [0.29, 0.717) is 32.8 Å². The number of rotatable bonds is 7. The van der Waals surface area contributed by atoms with Gasteiger partial charge in [-0.15, -0.1) is 0 Å². The first kappa shape index (κ1) is 24.2. The molecule has 1 aliphatic heterocycles. The Labute approximate surface area is 220 Å². The molecule has 0 bridgehead atoms. The summed E-state index contributed by atoms with van der Waals surface area (Å²) in [5.74, 6) is 0.0833. The van der Waals surface area contributed by atoms with Crippen LogP contribution in [-0.2, 0) is 29.2 Å². The van der Waals surface area contributed by atoms with E-state index in [1.165, 1.54) is 0 Å². The molecule has 1 aliphatic rings. The summed E-state index contributed by atoms with van der Waals surface area (Å²) in [4.78, 5) is 39.7. The number of hydrogen-bond donors (Lipinski definition) is 1. The minimum absolute atomic E-state index is 0.0512. The number of carbonyl (C=O) groups is 3. The zero-order valence-corrected chi connectivity index (χ0v) is 21.1. The molecule has 2 aromatic carbocycles. The number of amides is 3. The number of halogens is 2. The van der Waals surface area contributed by atoms with E-state index in [1.54, 1.807) is 48.9 Å². The Balaban J connectivity index is 1.37. The molecule has 36 heavy (non-hydrogen) atoms. The normalized spacial score (nSPS) is 14.8. The highest BCUT2D eigenvalue weighted by Gasteiger charge is 2.35. The van der Waals surface area contributed by atoms with Crippen LogP contribution in [0, 0.1) is 0 Å². The number of aromatic nitrogens is 1. The predicted molar refractivity (Wildman–Crippen MR) is 140 cm³/mol. The van der Waals surface area contributed by atoms with Crippen molar-refractivity contribution in [2.45, 2.75) is 19.6 Å². The lowest BCUT2D eigenvalue weighted by Crippen LogP contribution is -2.27. The molecule has 3 heterocycles. The van der Waals surface area contributed by atoms with Gasteiger partial charge in [-0.1, -0.05) is 47.5 Å². The second-order valence-corrected chi connectivity index (χ2v) is 9.93. The molecule has 0 radical (unpaired) electrons. The highest BCUT2D eigenvalue weighted by molar-refractivity contribution is 8.18. The fourth-order valence-corrected chi connectivity index (χ4v) is 5.23. The SMILES string of the molecule is O=C(Cn1cc(/C=C2\SC(=O)N(Cc3ccc(Cl)cc3Cl)C2=O)c2ccccc21)NCc1ccco1. The molecule has 2 aromatic heterocycles. The van der Waals surface area contributed by atoms with Gasteiger partial charge in [0.05, 0.1) is 24.3 Å². The highest BCUT2D eigenvalue weighted by Crippen LogP contribution is 2.36. The lowest BCUT2D eigenvalue weighted by atomic mass is 10.1. The van der Waals surface area contributed by atoms with Crippen LogP contribution in [0.1, 0.15) is 16.9 Å². The van der Waals surface area contributed by atoms with Gasteiger partial charge < -0.3 is 14.3 Å². The number of imide groups is 1. The van der Waals surface area contributed by atoms with Crippen LogP contribution in [0.4, 0.5) is 4.79 Å². The van der Waals surface area contributed by atoms with Gasteiger partial charge >= 0.3 is 0 Å². The molecule has 3 amide bonds. The molecule has 182 valence electrons. The number of nitrogens with one attached hydrogen (secondary N) is 1. The smallest absolute Gasteiger partial charge is 0.293 e. The van der Waals surface area contributed by atoms with Crippen molar-refractivity contribution in [1.82, 2.24) is 14.8 Å². The topological polar surface area (TPSA) is 84.5 Å². The van der Waals surface area contributed by atoms with E-state index < -0.39 is 5.91 Å². The fraction of sp³-hybridized carbons (Fsp3) is 0.115. The molecular formula is C26H19Cl2N3O4S. The number of furan rings is 1. The standard InChI is InChI=1S/C26H19Cl2N3O4S/c27-18-8-7-16(21(28)11-18)14-31-25(33)23(36-26(31)34)10-17-13-30(22-6-2-1-5-20(17)22)15-24(32)29-12-19-4-3-9-35-19/h1-11,13H,12,14-15H2,(H,29,32)/b23-10-. The van der Waals surface area contributed by atoms with Crippen molar-refractivity contribution in [2.75, 3.05) is 0 Å². The van der Waals surface area contributed by atoms with Gasteiger partial charge in [0.1, 0.15) is 12.3 Å². The molecule has 1 fully saturated rings. The molecule has 10 heteroatoms. The van der Waals surface area contributed by atoms with E-state index in [2.05, 4.69) is 5.32 Å². The molecule has 1 N–H and O–H groups in total. The van der Waals surface area contributed by atoms with Crippen molar-refractivity contribution in [3.63, 3.8) is 0 Å². The molecular weight excluding hydrogens is 521 g/mol. The Bertz CT molecular complexity index is 1510. The maximum atomic E-state index is 13.1. The summed E-state index contributed by atoms with van der Waals surface area (Å²) < 4.78 is 7.07. The number of thioether (sulfide) groups is 1. The van der Waals surface area contributed by atoms with E-state index >= 15 is 0 Å². The average Bonchev–Trinajstić information content (AvgIpc) is 3.56. The number of benzene rings is 2. The molecule has 4 aromatic rings. The molecule has 0 spiro atoms. The van der Waals surface area contributed by atoms with Gasteiger partial charge in [-0.05, 0) is 53.7 Å². The number of hydrogen-bond acceptors (Lipinski definition) is 5. The summed E-state index contributed by atoms with van der Waals surface area (Å²) in [6.07, 6.45) is 5.05. The monoisotopic (exact) mass is 539 g/mol. The summed E-state index contributed by atoms with van der Waals surface area (Å²) in [5.41, 5.74) is 2.20. The van der Waals surface area contributed by atoms with Crippen LogP contribution in [0.3, 0.4) is 0 Å². The minimum atomic E-state index is -0.399. The maximum absolute atomic E-state index is 13.1. The second-order valence-electron chi connectivity index (χ2n) is 8.09. The Hall–Kier alpha value is -3.46. The Morgan fingerprint density at radius 1 is 1.08 bits per heavy atom. The third kappa shape index (κ3) is 5.06. The zero-order valence-electron chi connectivity index (χ0n) is 18.7. The van der Waals surface area contributed by atoms with E-state index in [1.807, 2.05) is 28.8 Å². The quantitative estimate of drug-likeness (QED) is 0.287. The van der Waals surface area contributed by atoms with Crippen LogP contribution >= 0.6 is 35.0 Å². The van der Waals surface area contributed by atoms with E-state index in [4.69, 9.17) is 27.6 Å². The maximum Gasteiger partial charge on any atom is 0.293 e. The summed E-state index contributed by atoms with van der Waals surface area (Å²) in [6.45, 7) is 0.434. The van der Waals surface area contributed by atoms with Gasteiger partial charge in [0.2, 0.25) is 5.91 Å². The second kappa shape index (κ2) is 10.3. The van der Waals surface area contributed by atoms with Crippen molar-refractivity contribution in [3.8, 4) is 0 Å². The van der Waals surface area contributed by atoms with Crippen molar-refractivity contribution in [2.24, 2.45) is 0 Å². The molecule has 7 nitrogen and oxygen atoms in total. The van der Waals surface area contributed by atoms with Crippen molar-refractivity contribution in [1.29, 1.82) is 0 Å². The Morgan fingerprint density at radius 3 is 2.69 bits per heavy atom. The molecule has 5 rings (SSSR count). The zero-order chi connectivity index (χ0) is 25.2. The van der Waals surface area contributed by atoms with Crippen LogP contribution in [0.25, 0.3) is 17.0 Å². The van der Waals surface area contributed by atoms with Gasteiger partial charge in [-0.2, -0.15) is 0 Å². The van der Waals surface area contributed by atoms with Gasteiger partial charge in [0.25, 0.3) is 11.1 Å². The van der Waals surface area contributed by atoms with Crippen molar-refractivity contribution < 1.29 is 18.8 Å². The first-order chi connectivity index (χ1) is 17.4. The van der Waals surface area contributed by atoms with Crippen LogP contribution in [-0.4, -0.2) is 26.5 Å². The van der Waals surface area contributed by atoms with Gasteiger partial charge in [-0.3, -0.25) is 19.3 Å². The van der Waals surface area contributed by atoms with E-state index in [-0.39, 0.29) is 24.2 Å². The van der Waals surface area contributed by atoms with Crippen LogP contribution in [0.5, 0.6) is 0 Å². The Kier molecular flexibility index (Phi) is 6.91. The van der Waals surface area contributed by atoms with Crippen LogP contribution < -0.4 is 5.32 Å². The summed E-state index contributed by atoms with van der Waals surface area (Å²) in [7, 11) is 0. The van der Waals surface area contributed by atoms with E-state index in [0.717, 1.165) is 33.1 Å². The van der Waals surface area contributed by atoms with Gasteiger partial charge in [-0.25, -0.2) is 0 Å². The van der Waals surface area contributed by atoms with E-state index in [9.17, 15) is 14.4 Å². The number of para-hydroxylation sites is 1. The summed E-state index contributed by atoms with van der Waals surface area (Å²) >= 11 is 13.1. The number of carbonyl (C=O) groups excluding carboxylic acids is 3.